The summed E-state index contributed by atoms with van der Waals surface area (Å²) in [6, 6.07) is 43.9. The fraction of sp³-hybridized carbons (Fsp3) is 0.429. The van der Waals surface area contributed by atoms with Gasteiger partial charge < -0.3 is 28.8 Å². The average molecular weight is 1270 g/mol. The minimum atomic E-state index is -0.314. The quantitative estimate of drug-likeness (QED) is 0.0704. The Morgan fingerprint density at radius 2 is 0.783 bits per heavy atom. The molecular formula is C84H102Cl2N2O4. The third-order valence-electron chi connectivity index (χ3n) is 18.7. The van der Waals surface area contributed by atoms with Gasteiger partial charge in [0.15, 0.2) is 0 Å². The first-order chi connectivity index (χ1) is 43.1. The van der Waals surface area contributed by atoms with E-state index in [0.29, 0.717) is 78.8 Å². The summed E-state index contributed by atoms with van der Waals surface area (Å²) in [5.74, 6) is 3.51. The highest BCUT2D eigenvalue weighted by Crippen LogP contribution is 2.51. The van der Waals surface area contributed by atoms with Gasteiger partial charge in [0.05, 0.1) is 33.4 Å². The van der Waals surface area contributed by atoms with E-state index in [2.05, 4.69) is 231 Å². The Kier molecular flexibility index (Phi) is 19.3. The molecule has 0 saturated heterocycles. The molecule has 8 heteroatoms. The van der Waals surface area contributed by atoms with E-state index in [1.54, 1.807) is 0 Å². The smallest absolute Gasteiger partial charge is 0.147 e. The number of ether oxygens (including phenoxy) is 2. The zero-order chi connectivity index (χ0) is 66.8. The first-order valence-corrected chi connectivity index (χ1v) is 34.6. The first kappa shape index (κ1) is 68.0. The van der Waals surface area contributed by atoms with Gasteiger partial charge in [0, 0.05) is 53.8 Å². The van der Waals surface area contributed by atoms with Crippen molar-refractivity contribution in [3.8, 4) is 56.6 Å². The monoisotopic (exact) mass is 1270 g/mol. The van der Waals surface area contributed by atoms with Gasteiger partial charge in [0.1, 0.15) is 36.2 Å². The zero-order valence-electron chi connectivity index (χ0n) is 58.9. The minimum Gasteiger partial charge on any atom is -0.505 e. The van der Waals surface area contributed by atoms with Crippen molar-refractivity contribution in [3.63, 3.8) is 0 Å². The summed E-state index contributed by atoms with van der Waals surface area (Å²) in [5.41, 5.74) is 16.6. The Bertz CT molecular complexity index is 4330. The third-order valence-corrected chi connectivity index (χ3v) is 19.1. The largest absolute Gasteiger partial charge is 0.505 e. The normalized spacial score (nSPS) is 12.8. The lowest BCUT2D eigenvalue weighted by Gasteiger charge is -2.34. The average Bonchev–Trinajstić information content (AvgIpc) is 1.53. The maximum Gasteiger partial charge on any atom is 0.147 e. The second-order valence-corrected chi connectivity index (χ2v) is 33.0. The minimum absolute atomic E-state index is 0.00346. The molecule has 2 heterocycles. The van der Waals surface area contributed by atoms with E-state index in [1.807, 2.05) is 38.1 Å². The van der Waals surface area contributed by atoms with E-state index in [9.17, 15) is 10.2 Å². The molecule has 0 saturated carbocycles. The number of aromatic hydroxyl groups is 2. The molecule has 8 aromatic carbocycles. The number of halogens is 2. The van der Waals surface area contributed by atoms with Crippen molar-refractivity contribution in [2.45, 2.75) is 193 Å². The summed E-state index contributed by atoms with van der Waals surface area (Å²) in [4.78, 5) is 0. The number of hydrogen-bond donors (Lipinski definition) is 2. The van der Waals surface area contributed by atoms with Crippen LogP contribution in [0.3, 0.4) is 0 Å². The number of hydrogen-bond acceptors (Lipinski definition) is 4. The van der Waals surface area contributed by atoms with Crippen LogP contribution in [0.2, 0.25) is 10.0 Å². The molecule has 10 aromatic rings. The number of rotatable bonds is 21. The van der Waals surface area contributed by atoms with Crippen molar-refractivity contribution in [2.24, 2.45) is 29.1 Å². The van der Waals surface area contributed by atoms with Crippen LogP contribution >= 0.6 is 23.2 Å². The molecule has 0 fully saturated rings. The molecule has 0 aliphatic rings. The van der Waals surface area contributed by atoms with Crippen molar-refractivity contribution in [1.29, 1.82) is 0 Å². The van der Waals surface area contributed by atoms with Crippen LogP contribution in [0.25, 0.3) is 77.2 Å². The topological polar surface area (TPSA) is 68.8 Å². The summed E-state index contributed by atoms with van der Waals surface area (Å²) < 4.78 is 18.5. The second-order valence-electron chi connectivity index (χ2n) is 32.1. The van der Waals surface area contributed by atoms with Gasteiger partial charge in [-0.05, 0) is 233 Å². The van der Waals surface area contributed by atoms with Crippen molar-refractivity contribution in [3.05, 3.63) is 176 Å². The number of phenolic OH excluding ortho intramolecular Hbond substituents is 2. The lowest BCUT2D eigenvalue weighted by molar-refractivity contribution is 0.216. The summed E-state index contributed by atoms with van der Waals surface area (Å²) in [7, 11) is 0. The van der Waals surface area contributed by atoms with Gasteiger partial charge in [-0.15, -0.1) is 0 Å². The number of aryl methyl sites for hydroxylation is 2. The molecule has 2 aromatic heterocycles. The van der Waals surface area contributed by atoms with E-state index in [1.165, 1.54) is 33.0 Å². The van der Waals surface area contributed by atoms with Gasteiger partial charge >= 0.3 is 0 Å². The maximum atomic E-state index is 13.3. The van der Waals surface area contributed by atoms with Gasteiger partial charge in [0.2, 0.25) is 0 Å². The van der Waals surface area contributed by atoms with Crippen LogP contribution in [-0.4, -0.2) is 32.6 Å². The van der Waals surface area contributed by atoms with E-state index >= 15 is 0 Å². The zero-order valence-corrected chi connectivity index (χ0v) is 60.4. The Labute approximate surface area is 560 Å². The highest BCUT2D eigenvalue weighted by Gasteiger charge is 2.33. The van der Waals surface area contributed by atoms with Crippen LogP contribution in [-0.2, 0) is 35.5 Å². The summed E-state index contributed by atoms with van der Waals surface area (Å²) in [5, 5.41) is 32.3. The third kappa shape index (κ3) is 14.3. The Balaban J connectivity index is 1.09. The summed E-state index contributed by atoms with van der Waals surface area (Å²) in [6.07, 6.45) is 5.81. The Morgan fingerprint density at radius 3 is 1.14 bits per heavy atom. The first-order valence-electron chi connectivity index (χ1n) is 33.8. The number of fused-ring (bicyclic) bond motifs is 6. The maximum absolute atomic E-state index is 13.3. The molecule has 6 nitrogen and oxygen atoms in total. The van der Waals surface area contributed by atoms with Crippen LogP contribution < -0.4 is 9.47 Å². The summed E-state index contributed by atoms with van der Waals surface area (Å²) in [6.45, 7) is 45.4. The van der Waals surface area contributed by atoms with Crippen LogP contribution in [0, 0.1) is 42.9 Å². The fourth-order valence-corrected chi connectivity index (χ4v) is 15.0. The lowest BCUT2D eigenvalue weighted by atomic mass is 9.71. The van der Waals surface area contributed by atoms with Crippen molar-refractivity contribution < 1.29 is 19.7 Å². The molecule has 0 aliphatic carbocycles. The molecular weight excluding hydrogens is 1170 g/mol. The Hall–Kier alpha value is -6.86. The van der Waals surface area contributed by atoms with Crippen molar-refractivity contribution in [2.75, 3.05) is 13.2 Å². The molecule has 486 valence electrons. The van der Waals surface area contributed by atoms with Crippen LogP contribution in [0.5, 0.6) is 23.0 Å². The summed E-state index contributed by atoms with van der Waals surface area (Å²) >= 11 is 14.2. The molecule has 0 unspecified atom stereocenters. The number of aromatic nitrogens is 2. The number of phenols is 2. The molecule has 0 spiro atoms. The molecule has 0 aliphatic heterocycles. The van der Waals surface area contributed by atoms with Gasteiger partial charge in [-0.1, -0.05) is 179 Å². The van der Waals surface area contributed by atoms with E-state index < -0.39 is 0 Å². The predicted molar refractivity (Wildman–Crippen MR) is 395 cm³/mol. The second kappa shape index (κ2) is 26.1. The predicted octanol–water partition coefficient (Wildman–Crippen LogP) is 24.3. The van der Waals surface area contributed by atoms with Crippen LogP contribution in [0.4, 0.5) is 0 Å². The number of benzene rings is 8. The molecule has 0 atom stereocenters. The SMILES string of the molecule is Cc1cc(Cl)cc(-c2cc(C(C)(C)CCC(C)C)cc(-n3c4ccc(CC(C)C)cc4c4cc(CC(C)C)ccc43)c2O)c1OCCOc1c(C)cc(Cl)cc1-c1cc(C(C)(C)CC(C)(C)C)cc(-n2c3ccc(CC(C)C)cc3c3cc(C(C)(C)C)ccc32)c1O. The van der Waals surface area contributed by atoms with Crippen LogP contribution in [0.1, 0.15) is 188 Å². The highest BCUT2D eigenvalue weighted by atomic mass is 35.5. The van der Waals surface area contributed by atoms with Crippen LogP contribution in [0.15, 0.2) is 121 Å². The van der Waals surface area contributed by atoms with Gasteiger partial charge in [0.25, 0.3) is 0 Å². The molecule has 0 radical (unpaired) electrons. The fourth-order valence-electron chi connectivity index (χ4n) is 14.5. The standard InChI is InChI=1S/C84H102Cl2N2O4/c1-49(2)29-30-83(17,18)59-42-67(77(89)75(44-59)87-71-25-21-55(33-50(3)4)38-63(71)64-39-56(34-51(5)6)22-26-72(64)87)69-46-61(85)36-53(9)79(69)91-31-32-92-80-54(10)37-62(86)47-70(80)68-43-60(84(19,20)48-81(11,12)13)45-76(78(68)90)88-73-27-23-57(35-52(7)8)40-65(73)66-41-58(82(14,15)16)24-28-74(66)88/h21-28,36-47,49-52,89-90H,29-35,48H2,1-20H3. The lowest BCUT2D eigenvalue weighted by Crippen LogP contribution is -2.25. The van der Waals surface area contributed by atoms with E-state index in [-0.39, 0.29) is 46.4 Å². The molecule has 2 N–H and O–H groups in total. The van der Waals surface area contributed by atoms with Crippen molar-refractivity contribution in [1.82, 2.24) is 9.13 Å². The van der Waals surface area contributed by atoms with Gasteiger partial charge in [-0.3, -0.25) is 0 Å². The van der Waals surface area contributed by atoms with E-state index in [0.717, 1.165) is 93.6 Å². The molecule has 92 heavy (non-hydrogen) atoms. The van der Waals surface area contributed by atoms with Gasteiger partial charge in [-0.2, -0.15) is 0 Å². The van der Waals surface area contributed by atoms with Crippen molar-refractivity contribution >= 4 is 66.8 Å². The number of nitrogens with zero attached hydrogens (tertiary/aromatic N) is 2. The molecule has 10 rings (SSSR count). The van der Waals surface area contributed by atoms with Gasteiger partial charge in [-0.25, -0.2) is 0 Å². The molecule has 0 bridgehead atoms. The Morgan fingerprint density at radius 1 is 0.413 bits per heavy atom. The van der Waals surface area contributed by atoms with E-state index in [4.69, 9.17) is 32.7 Å². The highest BCUT2D eigenvalue weighted by molar-refractivity contribution is 6.31. The molecule has 0 amide bonds.